The molecule has 0 saturated carbocycles. The maximum atomic E-state index is 6.63. The summed E-state index contributed by atoms with van der Waals surface area (Å²) in [5.74, 6) is 1.55. The zero-order valence-corrected chi connectivity index (χ0v) is 36.1. The first-order valence-electron chi connectivity index (χ1n) is 22.7. The van der Waals surface area contributed by atoms with Gasteiger partial charge in [-0.2, -0.15) is 0 Å². The average molecular weight is 871 g/mol. The van der Waals surface area contributed by atoms with Crippen LogP contribution in [0.5, 0.6) is 0 Å². The Labute approximate surface area is 386 Å². The van der Waals surface area contributed by atoms with E-state index < -0.39 is 0 Å². The molecule has 0 fully saturated rings. The van der Waals surface area contributed by atoms with E-state index >= 15 is 0 Å². The first-order valence-corrected chi connectivity index (χ1v) is 22.7. The Hall–Kier alpha value is -9.33. The van der Waals surface area contributed by atoms with Crippen LogP contribution in [0.1, 0.15) is 0 Å². The lowest BCUT2D eigenvalue weighted by atomic mass is 9.96. The van der Waals surface area contributed by atoms with Gasteiger partial charge in [0.05, 0.1) is 16.6 Å². The molecule has 10 aromatic carbocycles. The number of rotatable bonds is 5. The molecule has 7 nitrogen and oxygen atoms in total. The molecule has 0 aliphatic rings. The van der Waals surface area contributed by atoms with Crippen molar-refractivity contribution in [3.8, 4) is 51.0 Å². The summed E-state index contributed by atoms with van der Waals surface area (Å²) in [7, 11) is 0. The predicted molar refractivity (Wildman–Crippen MR) is 275 cm³/mol. The number of aromatic nitrogens is 4. The predicted octanol–water partition coefficient (Wildman–Crippen LogP) is 16.5. The molecule has 15 aromatic rings. The van der Waals surface area contributed by atoms with Gasteiger partial charge in [-0.15, -0.1) is 0 Å². The Balaban J connectivity index is 1.03. The molecule has 0 amide bonds. The average Bonchev–Trinajstić information content (AvgIpc) is 4.16. The van der Waals surface area contributed by atoms with E-state index in [4.69, 9.17) is 28.2 Å². The van der Waals surface area contributed by atoms with Crippen molar-refractivity contribution < 1.29 is 13.3 Å². The summed E-state index contributed by atoms with van der Waals surface area (Å²) in [4.78, 5) is 16.2. The minimum atomic E-state index is 0.500. The molecule has 0 spiro atoms. The number of furan rings is 3. The number of nitrogens with zero attached hydrogens (tertiary/aromatic N) is 4. The van der Waals surface area contributed by atoms with Crippen LogP contribution in [0.2, 0.25) is 0 Å². The third-order valence-electron chi connectivity index (χ3n) is 13.7. The monoisotopic (exact) mass is 870 g/mol. The quantitative estimate of drug-likeness (QED) is 0.171. The normalized spacial score (nSPS) is 12.1. The van der Waals surface area contributed by atoms with Gasteiger partial charge < -0.3 is 17.8 Å². The maximum Gasteiger partial charge on any atom is 0.167 e. The second-order valence-electron chi connectivity index (χ2n) is 17.5. The van der Waals surface area contributed by atoms with Crippen LogP contribution in [0.15, 0.2) is 220 Å². The van der Waals surface area contributed by atoms with Crippen molar-refractivity contribution in [2.45, 2.75) is 0 Å². The molecule has 5 aromatic heterocycles. The fraction of sp³-hybridized carbons (Fsp3) is 0. The van der Waals surface area contributed by atoms with Crippen molar-refractivity contribution in [1.82, 2.24) is 19.5 Å². The van der Waals surface area contributed by atoms with Crippen LogP contribution in [0.3, 0.4) is 0 Å². The summed E-state index contributed by atoms with van der Waals surface area (Å²) in [6.45, 7) is 0. The Morgan fingerprint density at radius 1 is 0.309 bits per heavy atom. The minimum absolute atomic E-state index is 0.500. The number of benzene rings is 10. The molecule has 0 N–H and O–H groups in total. The largest absolute Gasteiger partial charge is 0.456 e. The fourth-order valence-corrected chi connectivity index (χ4v) is 10.6. The zero-order valence-electron chi connectivity index (χ0n) is 36.1. The maximum absolute atomic E-state index is 6.63. The summed E-state index contributed by atoms with van der Waals surface area (Å²) >= 11 is 0. The number of hydrogen-bond donors (Lipinski definition) is 0. The lowest BCUT2D eigenvalue weighted by molar-refractivity contribution is 0.668. The highest BCUT2D eigenvalue weighted by molar-refractivity contribution is 6.15. The molecular formula is C61H34N4O3. The third kappa shape index (κ3) is 5.44. The molecule has 316 valence electrons. The molecule has 5 heterocycles. The van der Waals surface area contributed by atoms with Crippen molar-refractivity contribution in [2.75, 3.05) is 0 Å². The van der Waals surface area contributed by atoms with Crippen LogP contribution in [-0.2, 0) is 0 Å². The molecule has 0 unspecified atom stereocenters. The van der Waals surface area contributed by atoms with Gasteiger partial charge in [0.2, 0.25) is 0 Å². The van der Waals surface area contributed by atoms with Gasteiger partial charge in [-0.05, 0) is 101 Å². The second-order valence-corrected chi connectivity index (χ2v) is 17.5. The summed E-state index contributed by atoms with van der Waals surface area (Å²) in [6.07, 6.45) is 0. The van der Waals surface area contributed by atoms with Crippen LogP contribution in [0.4, 0.5) is 0 Å². The SMILES string of the molecule is c1ccc2cc3c(cc2c1)c1ccccc1n3-c1ccc(-c2nc(-c3cccc4c3oc3ccccc34)nc(-c3cccc4oc5ccccc5c34)n2)c(-c2ccc3oc4ccccc4c3c2)c1. The van der Waals surface area contributed by atoms with Crippen LogP contribution < -0.4 is 0 Å². The van der Waals surface area contributed by atoms with Gasteiger partial charge in [-0.25, -0.2) is 15.0 Å². The van der Waals surface area contributed by atoms with E-state index in [0.717, 1.165) is 110 Å². The van der Waals surface area contributed by atoms with Gasteiger partial charge in [0.1, 0.15) is 33.5 Å². The Kier molecular flexibility index (Phi) is 7.65. The van der Waals surface area contributed by atoms with E-state index in [9.17, 15) is 0 Å². The highest BCUT2D eigenvalue weighted by Crippen LogP contribution is 2.43. The minimum Gasteiger partial charge on any atom is -0.456 e. The summed E-state index contributed by atoms with van der Waals surface area (Å²) in [5, 5.41) is 10.8. The molecule has 0 aliphatic carbocycles. The number of para-hydroxylation sites is 5. The van der Waals surface area contributed by atoms with Gasteiger partial charge >= 0.3 is 0 Å². The first kappa shape index (κ1) is 36.9. The lowest BCUT2D eigenvalue weighted by Gasteiger charge is -2.16. The molecular weight excluding hydrogens is 837 g/mol. The molecule has 0 saturated heterocycles. The first-order chi connectivity index (χ1) is 33.7. The summed E-state index contributed by atoms with van der Waals surface area (Å²) < 4.78 is 21.8. The molecule has 68 heavy (non-hydrogen) atoms. The summed E-state index contributed by atoms with van der Waals surface area (Å²) in [5.41, 5.74) is 12.4. The molecule has 0 aliphatic heterocycles. The van der Waals surface area contributed by atoms with E-state index in [1.54, 1.807) is 0 Å². The third-order valence-corrected chi connectivity index (χ3v) is 13.7. The molecule has 15 rings (SSSR count). The molecule has 0 bridgehead atoms. The standard InChI is InChI=1S/C61H34N4O3/c1-2-14-36-33-51-48(31-35(36)13-1)39-15-3-7-22-50(39)65(51)38-28-29-43(47(34-38)37-27-30-55-49(32-37)41-17-5-8-23-52(41)66-55)59-62-60(45-20-12-26-56-57(45)44-18-6-10-25-54(44)67-56)64-61(63-59)46-21-11-19-42-40-16-4-9-24-53(40)68-58(42)46/h1-34H. The highest BCUT2D eigenvalue weighted by Gasteiger charge is 2.23. The van der Waals surface area contributed by atoms with E-state index in [0.29, 0.717) is 17.5 Å². The van der Waals surface area contributed by atoms with E-state index in [1.165, 1.54) is 21.5 Å². The Bertz CT molecular complexity index is 4590. The topological polar surface area (TPSA) is 83.0 Å². The Morgan fingerprint density at radius 3 is 1.71 bits per heavy atom. The van der Waals surface area contributed by atoms with Crippen LogP contribution in [0.25, 0.3) is 149 Å². The smallest absolute Gasteiger partial charge is 0.167 e. The Morgan fingerprint density at radius 2 is 0.882 bits per heavy atom. The van der Waals surface area contributed by atoms with Crippen LogP contribution >= 0.6 is 0 Å². The van der Waals surface area contributed by atoms with Gasteiger partial charge in [0.25, 0.3) is 0 Å². The van der Waals surface area contributed by atoms with Crippen LogP contribution in [-0.4, -0.2) is 19.5 Å². The van der Waals surface area contributed by atoms with Gasteiger partial charge in [0.15, 0.2) is 17.5 Å². The van der Waals surface area contributed by atoms with E-state index in [2.05, 4.69) is 138 Å². The summed E-state index contributed by atoms with van der Waals surface area (Å²) in [6, 6.07) is 71.7. The highest BCUT2D eigenvalue weighted by atomic mass is 16.3. The van der Waals surface area contributed by atoms with Crippen molar-refractivity contribution in [1.29, 1.82) is 0 Å². The van der Waals surface area contributed by atoms with Crippen molar-refractivity contribution >= 4 is 98.4 Å². The number of hydrogen-bond acceptors (Lipinski definition) is 6. The van der Waals surface area contributed by atoms with Crippen molar-refractivity contribution in [3.63, 3.8) is 0 Å². The molecule has 0 atom stereocenters. The van der Waals surface area contributed by atoms with Crippen LogP contribution in [0, 0.1) is 0 Å². The zero-order chi connectivity index (χ0) is 44.5. The van der Waals surface area contributed by atoms with Gasteiger partial charge in [-0.3, -0.25) is 0 Å². The van der Waals surface area contributed by atoms with Crippen molar-refractivity contribution in [3.05, 3.63) is 206 Å². The van der Waals surface area contributed by atoms with Gasteiger partial charge in [-0.1, -0.05) is 127 Å². The van der Waals surface area contributed by atoms with E-state index in [1.807, 2.05) is 72.8 Å². The lowest BCUT2D eigenvalue weighted by Crippen LogP contribution is -2.02. The number of fused-ring (bicyclic) bond motifs is 13. The van der Waals surface area contributed by atoms with Gasteiger partial charge in [0, 0.05) is 59.9 Å². The second kappa shape index (κ2) is 14.1. The molecule has 7 heteroatoms. The van der Waals surface area contributed by atoms with E-state index in [-0.39, 0.29) is 0 Å². The fourth-order valence-electron chi connectivity index (χ4n) is 10.6. The van der Waals surface area contributed by atoms with Crippen molar-refractivity contribution in [2.24, 2.45) is 0 Å². The molecule has 0 radical (unpaired) electrons.